The van der Waals surface area contributed by atoms with E-state index in [0.717, 1.165) is 5.56 Å². The predicted octanol–water partition coefficient (Wildman–Crippen LogP) is 1.61. The monoisotopic (exact) mass is 266 g/mol. The Morgan fingerprint density at radius 3 is 2.63 bits per heavy atom. The van der Waals surface area contributed by atoms with Gasteiger partial charge in [0.1, 0.15) is 0 Å². The molecule has 0 saturated heterocycles. The number of hydrogen-bond acceptors (Lipinski definition) is 3. The number of amides is 2. The van der Waals surface area contributed by atoms with E-state index in [1.807, 2.05) is 25.1 Å². The topological polar surface area (TPSA) is 87.7 Å². The first-order valence-electron chi connectivity index (χ1n) is 5.88. The second kappa shape index (κ2) is 7.38. The zero-order chi connectivity index (χ0) is 14.3. The Bertz CT molecular complexity index is 448. The van der Waals surface area contributed by atoms with Gasteiger partial charge in [-0.25, -0.2) is 4.79 Å². The van der Waals surface area contributed by atoms with Crippen molar-refractivity contribution in [1.82, 2.24) is 5.32 Å². The van der Waals surface area contributed by atoms with Gasteiger partial charge in [0, 0.05) is 19.3 Å². The second-order valence-electron chi connectivity index (χ2n) is 4.11. The first-order chi connectivity index (χ1) is 9.02. The van der Waals surface area contributed by atoms with Crippen LogP contribution in [0.2, 0.25) is 0 Å². The Kier molecular flexibility index (Phi) is 5.81. The number of ether oxygens (including phenoxy) is 1. The molecular weight excluding hydrogens is 248 g/mol. The molecule has 1 aromatic carbocycles. The van der Waals surface area contributed by atoms with Crippen molar-refractivity contribution in [3.05, 3.63) is 29.8 Å². The third kappa shape index (κ3) is 5.39. The van der Waals surface area contributed by atoms with Gasteiger partial charge >= 0.3 is 12.0 Å². The van der Waals surface area contributed by atoms with Crippen LogP contribution in [0.15, 0.2) is 24.3 Å². The molecule has 0 saturated carbocycles. The number of aryl methyl sites for hydroxylation is 1. The molecule has 0 aliphatic carbocycles. The molecule has 6 heteroatoms. The summed E-state index contributed by atoms with van der Waals surface area (Å²) in [6.07, 6.45) is -0.693. The van der Waals surface area contributed by atoms with Gasteiger partial charge in [0.15, 0.2) is 0 Å². The molecular formula is C13H18N2O4. The molecule has 0 radical (unpaired) electrons. The fourth-order valence-corrected chi connectivity index (χ4v) is 1.52. The largest absolute Gasteiger partial charge is 0.481 e. The molecule has 0 spiro atoms. The van der Waals surface area contributed by atoms with Crippen LogP contribution in [0.25, 0.3) is 0 Å². The SMILES string of the molecule is COC(CNC(=O)Nc1ccccc1C)CC(=O)O. The number of nitrogens with one attached hydrogen (secondary N) is 2. The maximum absolute atomic E-state index is 11.6. The molecule has 104 valence electrons. The highest BCUT2D eigenvalue weighted by Gasteiger charge is 2.13. The first-order valence-corrected chi connectivity index (χ1v) is 5.88. The molecule has 0 aliphatic heterocycles. The van der Waals surface area contributed by atoms with Gasteiger partial charge in [-0.1, -0.05) is 18.2 Å². The van der Waals surface area contributed by atoms with Crippen LogP contribution in [0.4, 0.5) is 10.5 Å². The fraction of sp³-hybridized carbons (Fsp3) is 0.385. The third-order valence-corrected chi connectivity index (χ3v) is 2.62. The molecule has 0 bridgehead atoms. The normalized spacial score (nSPS) is 11.7. The average Bonchev–Trinajstić information content (AvgIpc) is 2.37. The van der Waals surface area contributed by atoms with E-state index in [-0.39, 0.29) is 19.0 Å². The van der Waals surface area contributed by atoms with Gasteiger partial charge in [-0.3, -0.25) is 4.79 Å². The second-order valence-corrected chi connectivity index (χ2v) is 4.11. The summed E-state index contributed by atoms with van der Waals surface area (Å²) in [6.45, 7) is 2.03. The van der Waals surface area contributed by atoms with E-state index in [2.05, 4.69) is 10.6 Å². The van der Waals surface area contributed by atoms with E-state index in [0.29, 0.717) is 5.69 Å². The Morgan fingerprint density at radius 2 is 2.05 bits per heavy atom. The van der Waals surface area contributed by atoms with Gasteiger partial charge in [0.05, 0.1) is 12.5 Å². The van der Waals surface area contributed by atoms with Crippen LogP contribution in [0, 0.1) is 6.92 Å². The number of anilines is 1. The Balaban J connectivity index is 2.43. The number of methoxy groups -OCH3 is 1. The highest BCUT2D eigenvalue weighted by Crippen LogP contribution is 2.12. The summed E-state index contributed by atoms with van der Waals surface area (Å²) in [4.78, 5) is 22.2. The van der Waals surface area contributed by atoms with Crippen LogP contribution in [0.5, 0.6) is 0 Å². The van der Waals surface area contributed by atoms with Crippen LogP contribution in [-0.2, 0) is 9.53 Å². The Morgan fingerprint density at radius 1 is 1.37 bits per heavy atom. The molecule has 0 aromatic heterocycles. The van der Waals surface area contributed by atoms with Crippen LogP contribution in [0.3, 0.4) is 0 Å². The molecule has 1 rings (SSSR count). The van der Waals surface area contributed by atoms with Crippen molar-refractivity contribution >= 4 is 17.7 Å². The molecule has 3 N–H and O–H groups in total. The van der Waals surface area contributed by atoms with Crippen LogP contribution < -0.4 is 10.6 Å². The van der Waals surface area contributed by atoms with Crippen molar-refractivity contribution in [3.63, 3.8) is 0 Å². The lowest BCUT2D eigenvalue weighted by atomic mass is 10.2. The number of hydrogen-bond donors (Lipinski definition) is 3. The number of carboxylic acid groups (broad SMARTS) is 1. The van der Waals surface area contributed by atoms with Crippen molar-refractivity contribution < 1.29 is 19.4 Å². The zero-order valence-corrected chi connectivity index (χ0v) is 11.0. The summed E-state index contributed by atoms with van der Waals surface area (Å²) in [5.74, 6) is -0.965. The highest BCUT2D eigenvalue weighted by atomic mass is 16.5. The van der Waals surface area contributed by atoms with Gasteiger partial charge in [0.2, 0.25) is 0 Å². The van der Waals surface area contributed by atoms with E-state index < -0.39 is 12.1 Å². The lowest BCUT2D eigenvalue weighted by Crippen LogP contribution is -2.37. The van der Waals surface area contributed by atoms with E-state index in [1.54, 1.807) is 6.07 Å². The highest BCUT2D eigenvalue weighted by molar-refractivity contribution is 5.90. The summed E-state index contributed by atoms with van der Waals surface area (Å²) < 4.78 is 4.96. The van der Waals surface area contributed by atoms with Gasteiger partial charge in [-0.15, -0.1) is 0 Å². The Hall–Kier alpha value is -2.08. The number of carbonyl (C=O) groups is 2. The molecule has 6 nitrogen and oxygen atoms in total. The molecule has 1 atom stereocenters. The number of rotatable bonds is 6. The predicted molar refractivity (Wildman–Crippen MR) is 71.3 cm³/mol. The van der Waals surface area contributed by atoms with Crippen LogP contribution in [0.1, 0.15) is 12.0 Å². The molecule has 2 amide bonds. The lowest BCUT2D eigenvalue weighted by Gasteiger charge is -2.15. The average molecular weight is 266 g/mol. The van der Waals surface area contributed by atoms with Gasteiger partial charge in [0.25, 0.3) is 0 Å². The number of carboxylic acids is 1. The third-order valence-electron chi connectivity index (χ3n) is 2.62. The van der Waals surface area contributed by atoms with Crippen molar-refractivity contribution in [3.8, 4) is 0 Å². The number of aliphatic carboxylic acids is 1. The zero-order valence-electron chi connectivity index (χ0n) is 11.0. The summed E-state index contributed by atoms with van der Waals surface area (Å²) in [5, 5.41) is 13.9. The number of carbonyl (C=O) groups excluding carboxylic acids is 1. The fourth-order valence-electron chi connectivity index (χ4n) is 1.52. The van der Waals surface area contributed by atoms with E-state index in [9.17, 15) is 9.59 Å². The summed E-state index contributed by atoms with van der Waals surface area (Å²) in [5.41, 5.74) is 1.67. The smallest absolute Gasteiger partial charge is 0.319 e. The van der Waals surface area contributed by atoms with Gasteiger partial charge < -0.3 is 20.5 Å². The first kappa shape index (κ1) is 15.0. The standard InChI is InChI=1S/C13H18N2O4/c1-9-5-3-4-6-11(9)15-13(18)14-8-10(19-2)7-12(16)17/h3-6,10H,7-8H2,1-2H3,(H,16,17)(H2,14,15,18). The molecule has 0 aliphatic rings. The quantitative estimate of drug-likeness (QED) is 0.730. The minimum absolute atomic E-state index is 0.139. The van der Waals surface area contributed by atoms with Gasteiger partial charge in [-0.05, 0) is 18.6 Å². The number of urea groups is 1. The molecule has 0 heterocycles. The minimum atomic E-state index is -0.965. The van der Waals surface area contributed by atoms with E-state index in [4.69, 9.17) is 9.84 Å². The van der Waals surface area contributed by atoms with Crippen molar-refractivity contribution in [2.45, 2.75) is 19.4 Å². The van der Waals surface area contributed by atoms with Crippen molar-refractivity contribution in [1.29, 1.82) is 0 Å². The van der Waals surface area contributed by atoms with Crippen molar-refractivity contribution in [2.24, 2.45) is 0 Å². The molecule has 19 heavy (non-hydrogen) atoms. The Labute approximate surface area is 111 Å². The van der Waals surface area contributed by atoms with Gasteiger partial charge in [-0.2, -0.15) is 0 Å². The van der Waals surface area contributed by atoms with Crippen molar-refractivity contribution in [2.75, 3.05) is 19.0 Å². The summed E-state index contributed by atoms with van der Waals surface area (Å²) in [7, 11) is 1.41. The number of benzene rings is 1. The minimum Gasteiger partial charge on any atom is -0.481 e. The van der Waals surface area contributed by atoms with E-state index in [1.165, 1.54) is 7.11 Å². The summed E-state index contributed by atoms with van der Waals surface area (Å²) in [6, 6.07) is 7.00. The molecule has 0 fully saturated rings. The van der Waals surface area contributed by atoms with Crippen LogP contribution >= 0.6 is 0 Å². The summed E-state index contributed by atoms with van der Waals surface area (Å²) >= 11 is 0. The number of para-hydroxylation sites is 1. The molecule has 1 aromatic rings. The van der Waals surface area contributed by atoms with E-state index >= 15 is 0 Å². The maximum atomic E-state index is 11.6. The maximum Gasteiger partial charge on any atom is 0.319 e. The molecule has 1 unspecified atom stereocenters. The van der Waals surface area contributed by atoms with Crippen LogP contribution in [-0.4, -0.2) is 36.9 Å². The lowest BCUT2D eigenvalue weighted by molar-refractivity contribution is -0.139.